The van der Waals surface area contributed by atoms with Gasteiger partial charge in [-0.3, -0.25) is 0 Å². The maximum Gasteiger partial charge on any atom is 0.0966 e. The van der Waals surface area contributed by atoms with Crippen molar-refractivity contribution in [3.05, 3.63) is 47.2 Å². The summed E-state index contributed by atoms with van der Waals surface area (Å²) in [5.74, 6) is 0. The highest BCUT2D eigenvalue weighted by Gasteiger charge is 2.26. The summed E-state index contributed by atoms with van der Waals surface area (Å²) in [6.45, 7) is 9.11. The molecule has 100 valence electrons. The van der Waals surface area contributed by atoms with E-state index in [1.807, 2.05) is 30.3 Å². The Bertz CT molecular complexity index is 376. The van der Waals surface area contributed by atoms with Crippen LogP contribution in [0, 0.1) is 0 Å². The van der Waals surface area contributed by atoms with Gasteiger partial charge in [0.2, 0.25) is 0 Å². The van der Waals surface area contributed by atoms with Crippen molar-refractivity contribution in [3.8, 4) is 0 Å². The lowest BCUT2D eigenvalue weighted by Gasteiger charge is -2.26. The Morgan fingerprint density at radius 3 is 2.33 bits per heavy atom. The van der Waals surface area contributed by atoms with E-state index in [1.54, 1.807) is 0 Å². The molecule has 0 saturated heterocycles. The minimum Gasteiger partial charge on any atom is -0.384 e. The SMILES string of the molecule is CCCC/C=C(/C(O)c1ccccc1)[Si](C)(C)C. The van der Waals surface area contributed by atoms with E-state index < -0.39 is 14.2 Å². The van der Waals surface area contributed by atoms with Crippen LogP contribution in [0.15, 0.2) is 41.6 Å². The monoisotopic (exact) mass is 262 g/mol. The van der Waals surface area contributed by atoms with E-state index in [-0.39, 0.29) is 0 Å². The highest BCUT2D eigenvalue weighted by molar-refractivity contribution is 6.83. The normalized spacial score (nSPS) is 14.6. The quantitative estimate of drug-likeness (QED) is 0.581. The van der Waals surface area contributed by atoms with E-state index in [0.717, 1.165) is 12.0 Å². The van der Waals surface area contributed by atoms with E-state index >= 15 is 0 Å². The first-order chi connectivity index (χ1) is 8.46. The van der Waals surface area contributed by atoms with Crippen molar-refractivity contribution in [2.45, 2.75) is 51.9 Å². The molecule has 1 aromatic carbocycles. The molecule has 0 aliphatic heterocycles. The van der Waals surface area contributed by atoms with Crippen LogP contribution < -0.4 is 0 Å². The van der Waals surface area contributed by atoms with Gasteiger partial charge in [0.15, 0.2) is 0 Å². The third-order valence-electron chi connectivity index (χ3n) is 3.20. The maximum atomic E-state index is 10.6. The number of hydrogen-bond donors (Lipinski definition) is 1. The third kappa shape index (κ3) is 4.43. The second-order valence-corrected chi connectivity index (χ2v) is 10.9. The Hall–Kier alpha value is -0.863. The Morgan fingerprint density at radius 2 is 1.83 bits per heavy atom. The Labute approximate surface area is 113 Å². The summed E-state index contributed by atoms with van der Waals surface area (Å²) in [4.78, 5) is 0. The van der Waals surface area contributed by atoms with Crippen LogP contribution in [0.4, 0.5) is 0 Å². The largest absolute Gasteiger partial charge is 0.384 e. The smallest absolute Gasteiger partial charge is 0.0966 e. The molecule has 0 aliphatic rings. The molecule has 0 bridgehead atoms. The number of aliphatic hydroxyl groups is 1. The van der Waals surface area contributed by atoms with Crippen LogP contribution in [0.2, 0.25) is 19.6 Å². The lowest BCUT2D eigenvalue weighted by molar-refractivity contribution is 0.222. The predicted molar refractivity (Wildman–Crippen MR) is 82.4 cm³/mol. The molecule has 1 nitrogen and oxygen atoms in total. The van der Waals surface area contributed by atoms with Crippen molar-refractivity contribution in [2.24, 2.45) is 0 Å². The first-order valence-corrected chi connectivity index (χ1v) is 10.4. The van der Waals surface area contributed by atoms with Crippen molar-refractivity contribution in [1.82, 2.24) is 0 Å². The van der Waals surface area contributed by atoms with Crippen LogP contribution >= 0.6 is 0 Å². The molecule has 1 rings (SSSR count). The molecule has 0 aliphatic carbocycles. The Morgan fingerprint density at radius 1 is 1.22 bits per heavy atom. The first kappa shape index (κ1) is 15.2. The van der Waals surface area contributed by atoms with Gasteiger partial charge in [-0.05, 0) is 12.0 Å². The molecule has 2 heteroatoms. The highest BCUT2D eigenvalue weighted by Crippen LogP contribution is 2.29. The van der Waals surface area contributed by atoms with Gasteiger partial charge in [0, 0.05) is 0 Å². The lowest BCUT2D eigenvalue weighted by atomic mass is 10.1. The van der Waals surface area contributed by atoms with Crippen LogP contribution in [-0.2, 0) is 0 Å². The van der Waals surface area contributed by atoms with E-state index in [9.17, 15) is 5.11 Å². The molecular weight excluding hydrogens is 236 g/mol. The summed E-state index contributed by atoms with van der Waals surface area (Å²) in [7, 11) is -1.47. The fraction of sp³-hybridized carbons (Fsp3) is 0.500. The summed E-state index contributed by atoms with van der Waals surface area (Å²) >= 11 is 0. The van der Waals surface area contributed by atoms with Gasteiger partial charge in [-0.1, -0.05) is 81.0 Å². The van der Waals surface area contributed by atoms with Gasteiger partial charge in [0.1, 0.15) is 0 Å². The molecule has 0 radical (unpaired) electrons. The van der Waals surface area contributed by atoms with Crippen LogP contribution in [-0.4, -0.2) is 13.2 Å². The molecule has 1 atom stereocenters. The van der Waals surface area contributed by atoms with Gasteiger partial charge in [-0.15, -0.1) is 0 Å². The number of rotatable bonds is 6. The second kappa shape index (κ2) is 6.91. The number of unbranched alkanes of at least 4 members (excludes halogenated alkanes) is 2. The van der Waals surface area contributed by atoms with Crippen molar-refractivity contribution in [1.29, 1.82) is 0 Å². The fourth-order valence-corrected chi connectivity index (χ4v) is 3.85. The van der Waals surface area contributed by atoms with Gasteiger partial charge >= 0.3 is 0 Å². The van der Waals surface area contributed by atoms with E-state index in [0.29, 0.717) is 0 Å². The number of benzene rings is 1. The van der Waals surface area contributed by atoms with Crippen LogP contribution in [0.25, 0.3) is 0 Å². The molecule has 0 saturated carbocycles. The van der Waals surface area contributed by atoms with Gasteiger partial charge in [0.25, 0.3) is 0 Å². The maximum absolute atomic E-state index is 10.6. The van der Waals surface area contributed by atoms with E-state index in [1.165, 1.54) is 18.0 Å². The lowest BCUT2D eigenvalue weighted by Crippen LogP contribution is -2.28. The molecule has 0 aromatic heterocycles. The molecule has 1 unspecified atom stereocenters. The van der Waals surface area contributed by atoms with E-state index in [4.69, 9.17) is 0 Å². The zero-order valence-electron chi connectivity index (χ0n) is 12.1. The zero-order chi connectivity index (χ0) is 13.6. The first-order valence-electron chi connectivity index (χ1n) is 6.90. The van der Waals surface area contributed by atoms with Crippen molar-refractivity contribution in [3.63, 3.8) is 0 Å². The minimum absolute atomic E-state index is 0.422. The second-order valence-electron chi connectivity index (χ2n) is 5.86. The molecule has 0 amide bonds. The van der Waals surface area contributed by atoms with Gasteiger partial charge in [-0.2, -0.15) is 0 Å². The van der Waals surface area contributed by atoms with Gasteiger partial charge in [-0.25, -0.2) is 0 Å². The molecule has 1 N–H and O–H groups in total. The zero-order valence-corrected chi connectivity index (χ0v) is 13.1. The molecule has 0 fully saturated rings. The number of hydrogen-bond acceptors (Lipinski definition) is 1. The summed E-state index contributed by atoms with van der Waals surface area (Å²) in [6, 6.07) is 10.0. The summed E-state index contributed by atoms with van der Waals surface area (Å²) in [5, 5.41) is 11.8. The third-order valence-corrected chi connectivity index (χ3v) is 5.41. The standard InChI is InChI=1S/C16H26OSi/c1-5-6-8-13-15(18(2,3)4)16(17)14-11-9-7-10-12-14/h7,9-13,16-17H,5-6,8H2,1-4H3/b15-13-. The molecule has 0 heterocycles. The molecule has 1 aromatic rings. The van der Waals surface area contributed by atoms with E-state index in [2.05, 4.69) is 32.6 Å². The summed E-state index contributed by atoms with van der Waals surface area (Å²) in [5.41, 5.74) is 1.02. The topological polar surface area (TPSA) is 20.2 Å². The average Bonchev–Trinajstić information content (AvgIpc) is 2.33. The van der Waals surface area contributed by atoms with Crippen LogP contribution in [0.1, 0.15) is 37.9 Å². The highest BCUT2D eigenvalue weighted by atomic mass is 28.3. The fourth-order valence-electron chi connectivity index (χ4n) is 2.10. The number of aliphatic hydroxyl groups excluding tert-OH is 1. The van der Waals surface area contributed by atoms with Gasteiger partial charge < -0.3 is 5.11 Å². The average molecular weight is 262 g/mol. The molecular formula is C16H26OSi. The van der Waals surface area contributed by atoms with Crippen molar-refractivity contribution < 1.29 is 5.11 Å². The van der Waals surface area contributed by atoms with Crippen LogP contribution in [0.5, 0.6) is 0 Å². The van der Waals surface area contributed by atoms with Crippen LogP contribution in [0.3, 0.4) is 0 Å². The summed E-state index contributed by atoms with van der Waals surface area (Å²) < 4.78 is 0. The van der Waals surface area contributed by atoms with Crippen molar-refractivity contribution >= 4 is 8.07 Å². The summed E-state index contributed by atoms with van der Waals surface area (Å²) in [6.07, 6.45) is 5.36. The van der Waals surface area contributed by atoms with Gasteiger partial charge in [0.05, 0.1) is 14.2 Å². The van der Waals surface area contributed by atoms with Crippen molar-refractivity contribution in [2.75, 3.05) is 0 Å². The minimum atomic E-state index is -1.47. The Balaban J connectivity index is 2.94. The Kier molecular flexibility index (Phi) is 5.83. The number of allylic oxidation sites excluding steroid dienone is 1. The predicted octanol–water partition coefficient (Wildman–Crippen LogP) is 4.71. The molecule has 0 spiro atoms. The molecule has 18 heavy (non-hydrogen) atoms.